The topological polar surface area (TPSA) is 58.6 Å². The molecule has 114 valence electrons. The molecule has 2 amide bonds. The minimum atomic E-state index is -0.531. The van der Waals surface area contributed by atoms with Crippen molar-refractivity contribution in [2.24, 2.45) is 0 Å². The molecule has 1 heterocycles. The first-order valence-electron chi connectivity index (χ1n) is 7.43. The van der Waals surface area contributed by atoms with E-state index in [1.807, 2.05) is 24.3 Å². The number of benzene rings is 1. The molecule has 0 aliphatic carbocycles. The summed E-state index contributed by atoms with van der Waals surface area (Å²) in [5.74, 6) is 0.673. The van der Waals surface area contributed by atoms with Crippen LogP contribution in [0.4, 0.5) is 5.69 Å². The van der Waals surface area contributed by atoms with Crippen LogP contribution in [0.15, 0.2) is 24.3 Å². The summed E-state index contributed by atoms with van der Waals surface area (Å²) in [5.41, 5.74) is 0.783. The van der Waals surface area contributed by atoms with Crippen LogP contribution in [0.2, 0.25) is 0 Å². The largest absolute Gasteiger partial charge is 0.478 e. The van der Waals surface area contributed by atoms with Crippen molar-refractivity contribution < 1.29 is 14.3 Å². The van der Waals surface area contributed by atoms with E-state index in [1.165, 1.54) is 0 Å². The summed E-state index contributed by atoms with van der Waals surface area (Å²) in [6, 6.07) is 7.47. The lowest BCUT2D eigenvalue weighted by Crippen LogP contribution is -2.45. The second-order valence-corrected chi connectivity index (χ2v) is 5.21. The average Bonchev–Trinajstić information content (AvgIpc) is 2.50. The molecular weight excluding hydrogens is 268 g/mol. The quantitative estimate of drug-likeness (QED) is 0.873. The SMILES string of the molecule is CCCCC(=O)NCCC1Oc2ccccc2N(C)C1=O. The summed E-state index contributed by atoms with van der Waals surface area (Å²) in [6.07, 6.45) is 2.38. The fourth-order valence-corrected chi connectivity index (χ4v) is 2.32. The van der Waals surface area contributed by atoms with Gasteiger partial charge in [0.15, 0.2) is 6.10 Å². The number of hydrogen-bond donors (Lipinski definition) is 1. The molecule has 5 nitrogen and oxygen atoms in total. The number of fused-ring (bicyclic) bond motifs is 1. The monoisotopic (exact) mass is 290 g/mol. The Morgan fingerprint density at radius 1 is 1.38 bits per heavy atom. The van der Waals surface area contributed by atoms with Crippen LogP contribution in [0.25, 0.3) is 0 Å². The van der Waals surface area contributed by atoms with Gasteiger partial charge < -0.3 is 15.0 Å². The van der Waals surface area contributed by atoms with Gasteiger partial charge in [0, 0.05) is 26.4 Å². The van der Waals surface area contributed by atoms with Crippen molar-refractivity contribution in [2.75, 3.05) is 18.5 Å². The maximum atomic E-state index is 12.2. The number of para-hydroxylation sites is 2. The van der Waals surface area contributed by atoms with Crippen molar-refractivity contribution in [3.63, 3.8) is 0 Å². The number of amides is 2. The van der Waals surface area contributed by atoms with E-state index in [1.54, 1.807) is 11.9 Å². The van der Waals surface area contributed by atoms with Crippen molar-refractivity contribution in [3.8, 4) is 5.75 Å². The molecule has 1 atom stereocenters. The Kier molecular flexibility index (Phi) is 5.20. The number of likely N-dealkylation sites (N-methyl/N-ethyl adjacent to an activating group) is 1. The zero-order valence-electron chi connectivity index (χ0n) is 12.6. The molecule has 0 aromatic heterocycles. The number of nitrogens with one attached hydrogen (secondary N) is 1. The molecule has 0 fully saturated rings. The Bertz CT molecular complexity index is 516. The minimum Gasteiger partial charge on any atom is -0.478 e. The summed E-state index contributed by atoms with van der Waals surface area (Å²) in [7, 11) is 1.75. The highest BCUT2D eigenvalue weighted by Crippen LogP contribution is 2.33. The van der Waals surface area contributed by atoms with Gasteiger partial charge in [-0.25, -0.2) is 0 Å². The van der Waals surface area contributed by atoms with Crippen molar-refractivity contribution >= 4 is 17.5 Å². The smallest absolute Gasteiger partial charge is 0.267 e. The molecule has 21 heavy (non-hydrogen) atoms. The molecule has 0 spiro atoms. The van der Waals surface area contributed by atoms with Gasteiger partial charge in [0.2, 0.25) is 5.91 Å². The second-order valence-electron chi connectivity index (χ2n) is 5.21. The zero-order chi connectivity index (χ0) is 15.2. The number of rotatable bonds is 6. The molecule has 1 aliphatic heterocycles. The normalized spacial score (nSPS) is 17.1. The van der Waals surface area contributed by atoms with Gasteiger partial charge in [-0.3, -0.25) is 9.59 Å². The Morgan fingerprint density at radius 2 is 2.14 bits per heavy atom. The molecule has 1 aromatic carbocycles. The van der Waals surface area contributed by atoms with Crippen molar-refractivity contribution in [3.05, 3.63) is 24.3 Å². The van der Waals surface area contributed by atoms with E-state index in [0.29, 0.717) is 25.1 Å². The highest BCUT2D eigenvalue weighted by atomic mass is 16.5. The van der Waals surface area contributed by atoms with Crippen LogP contribution in [0, 0.1) is 0 Å². The highest BCUT2D eigenvalue weighted by molar-refractivity contribution is 5.99. The third-order valence-electron chi connectivity index (χ3n) is 3.59. The van der Waals surface area contributed by atoms with Gasteiger partial charge in [0.1, 0.15) is 5.75 Å². The van der Waals surface area contributed by atoms with Crippen LogP contribution in [0.5, 0.6) is 5.75 Å². The Balaban J connectivity index is 1.88. The van der Waals surface area contributed by atoms with Crippen LogP contribution in [0.3, 0.4) is 0 Å². The number of nitrogens with zero attached hydrogens (tertiary/aromatic N) is 1. The van der Waals surface area contributed by atoms with Gasteiger partial charge in [0.25, 0.3) is 5.91 Å². The van der Waals surface area contributed by atoms with Gasteiger partial charge in [0.05, 0.1) is 5.69 Å². The van der Waals surface area contributed by atoms with Crippen molar-refractivity contribution in [2.45, 2.75) is 38.7 Å². The van der Waals surface area contributed by atoms with Crippen LogP contribution >= 0.6 is 0 Å². The first-order chi connectivity index (χ1) is 10.1. The number of anilines is 1. The second kappa shape index (κ2) is 7.11. The Hall–Kier alpha value is -2.04. The maximum Gasteiger partial charge on any atom is 0.267 e. The van der Waals surface area contributed by atoms with Gasteiger partial charge in [-0.15, -0.1) is 0 Å². The lowest BCUT2D eigenvalue weighted by molar-refractivity contribution is -0.127. The van der Waals surface area contributed by atoms with E-state index in [-0.39, 0.29) is 11.8 Å². The third kappa shape index (κ3) is 3.74. The molecule has 1 aromatic rings. The third-order valence-corrected chi connectivity index (χ3v) is 3.59. The van der Waals surface area contributed by atoms with E-state index in [4.69, 9.17) is 4.74 Å². The predicted molar refractivity (Wildman–Crippen MR) is 81.4 cm³/mol. The summed E-state index contributed by atoms with van der Waals surface area (Å²) in [5, 5.41) is 2.83. The van der Waals surface area contributed by atoms with Crippen molar-refractivity contribution in [1.29, 1.82) is 0 Å². The molecule has 0 saturated heterocycles. The maximum absolute atomic E-state index is 12.2. The van der Waals surface area contributed by atoms with E-state index in [9.17, 15) is 9.59 Å². The molecule has 1 N–H and O–H groups in total. The fourth-order valence-electron chi connectivity index (χ4n) is 2.32. The van der Waals surface area contributed by atoms with Crippen molar-refractivity contribution in [1.82, 2.24) is 5.32 Å². The number of hydrogen-bond acceptors (Lipinski definition) is 3. The summed E-state index contributed by atoms with van der Waals surface area (Å²) in [6.45, 7) is 2.50. The summed E-state index contributed by atoms with van der Waals surface area (Å²) in [4.78, 5) is 25.4. The number of ether oxygens (including phenoxy) is 1. The van der Waals surface area contributed by atoms with Gasteiger partial charge in [-0.2, -0.15) is 0 Å². The van der Waals surface area contributed by atoms with E-state index < -0.39 is 6.10 Å². The lowest BCUT2D eigenvalue weighted by atomic mass is 10.1. The van der Waals surface area contributed by atoms with Gasteiger partial charge in [-0.05, 0) is 18.6 Å². The molecule has 2 rings (SSSR count). The Morgan fingerprint density at radius 3 is 2.90 bits per heavy atom. The first kappa shape index (κ1) is 15.4. The van der Waals surface area contributed by atoms with Gasteiger partial charge >= 0.3 is 0 Å². The standard InChI is InChI=1S/C16H22N2O3/c1-3-4-9-15(19)17-11-10-14-16(20)18(2)12-7-5-6-8-13(12)21-14/h5-8,14H,3-4,9-11H2,1-2H3,(H,17,19). The molecular formula is C16H22N2O3. The lowest BCUT2D eigenvalue weighted by Gasteiger charge is -2.31. The molecule has 1 unspecified atom stereocenters. The molecule has 1 aliphatic rings. The zero-order valence-corrected chi connectivity index (χ0v) is 12.6. The van der Waals surface area contributed by atoms with Crippen LogP contribution < -0.4 is 15.0 Å². The van der Waals surface area contributed by atoms with E-state index >= 15 is 0 Å². The van der Waals surface area contributed by atoms with Gasteiger partial charge in [-0.1, -0.05) is 25.5 Å². The van der Waals surface area contributed by atoms with Crippen LogP contribution in [0.1, 0.15) is 32.6 Å². The van der Waals surface area contributed by atoms with Crippen LogP contribution in [-0.2, 0) is 9.59 Å². The van der Waals surface area contributed by atoms with E-state index in [2.05, 4.69) is 12.2 Å². The molecule has 0 radical (unpaired) electrons. The fraction of sp³-hybridized carbons (Fsp3) is 0.500. The molecule has 5 heteroatoms. The number of carbonyl (C=O) groups is 2. The summed E-state index contributed by atoms with van der Waals surface area (Å²) >= 11 is 0. The Labute approximate surface area is 125 Å². The highest BCUT2D eigenvalue weighted by Gasteiger charge is 2.31. The predicted octanol–water partition coefficient (Wildman–Crippen LogP) is 2.11. The van der Waals surface area contributed by atoms with Crippen LogP contribution in [-0.4, -0.2) is 31.5 Å². The minimum absolute atomic E-state index is 0.0360. The number of carbonyl (C=O) groups excluding carboxylic acids is 2. The molecule has 0 bridgehead atoms. The first-order valence-corrected chi connectivity index (χ1v) is 7.43. The average molecular weight is 290 g/mol. The summed E-state index contributed by atoms with van der Waals surface area (Å²) < 4.78 is 5.74. The molecule has 0 saturated carbocycles. The number of unbranched alkanes of at least 4 members (excludes halogenated alkanes) is 1. The van der Waals surface area contributed by atoms with E-state index in [0.717, 1.165) is 18.5 Å².